The largest absolute Gasteiger partial charge is 0.472 e. The second-order valence-electron chi connectivity index (χ2n) is 31.8. The standard InChI is InChI=1S/C85H166O17P2/c1-8-10-11-12-13-14-15-16-17-18-19-20-21-29-34-39-46-54-61-68-84(89)101-80(72-95-82(87)66-59-52-45-38-33-28-25-23-27-32-37-44-51-58-65-78(7)9-2)74-99-103(91,92)97-70-79(86)71-98-104(93,94)100-75-81(73-96-83(88)67-60-53-48-41-43-50-57-64-77(5)6)102-85(90)69-62-55-47-40-35-30-24-22-26-31-36-42-49-56-63-76(3)4/h76-81,86H,8-75H2,1-7H3,(H,91,92)(H,93,94)/t78?,79-,80-,81-/m1/s1. The molecule has 0 aliphatic carbocycles. The molecule has 0 aromatic heterocycles. The predicted octanol–water partition coefficient (Wildman–Crippen LogP) is 25.7. The lowest BCUT2D eigenvalue weighted by molar-refractivity contribution is -0.161. The van der Waals surface area contributed by atoms with E-state index in [1.54, 1.807) is 0 Å². The van der Waals surface area contributed by atoms with Crippen LogP contribution in [0.25, 0.3) is 0 Å². The summed E-state index contributed by atoms with van der Waals surface area (Å²) in [6.45, 7) is 12.0. The predicted molar refractivity (Wildman–Crippen MR) is 428 cm³/mol. The number of ether oxygens (including phenoxy) is 4. The molecule has 0 heterocycles. The van der Waals surface area contributed by atoms with Crippen molar-refractivity contribution in [2.24, 2.45) is 17.8 Å². The number of hydrogen-bond donors (Lipinski definition) is 3. The molecule has 104 heavy (non-hydrogen) atoms. The van der Waals surface area contributed by atoms with Crippen molar-refractivity contribution < 1.29 is 80.2 Å². The first kappa shape index (κ1) is 102. The van der Waals surface area contributed by atoms with Gasteiger partial charge < -0.3 is 33.8 Å². The maximum absolute atomic E-state index is 13.1. The maximum atomic E-state index is 13.1. The van der Waals surface area contributed by atoms with Gasteiger partial charge in [-0.05, 0) is 43.4 Å². The van der Waals surface area contributed by atoms with Crippen molar-refractivity contribution in [2.75, 3.05) is 39.6 Å². The minimum atomic E-state index is -4.97. The molecular weight excluding hydrogens is 1350 g/mol. The highest BCUT2D eigenvalue weighted by atomic mass is 31.2. The lowest BCUT2D eigenvalue weighted by Crippen LogP contribution is -2.30. The van der Waals surface area contributed by atoms with Crippen molar-refractivity contribution in [1.29, 1.82) is 0 Å². The van der Waals surface area contributed by atoms with Gasteiger partial charge in [0, 0.05) is 25.7 Å². The van der Waals surface area contributed by atoms with Crippen LogP contribution < -0.4 is 0 Å². The van der Waals surface area contributed by atoms with Crippen molar-refractivity contribution in [3.63, 3.8) is 0 Å². The third-order valence-electron chi connectivity index (χ3n) is 20.2. The van der Waals surface area contributed by atoms with Crippen molar-refractivity contribution in [1.82, 2.24) is 0 Å². The average molecular weight is 1520 g/mol. The van der Waals surface area contributed by atoms with E-state index in [2.05, 4.69) is 48.5 Å². The number of esters is 4. The zero-order valence-corrected chi connectivity index (χ0v) is 70.3. The second kappa shape index (κ2) is 75.1. The average Bonchev–Trinajstić information content (AvgIpc) is 0.921. The minimum absolute atomic E-state index is 0.107. The maximum Gasteiger partial charge on any atom is 0.472 e. The van der Waals surface area contributed by atoms with Gasteiger partial charge in [0.05, 0.1) is 26.4 Å². The SMILES string of the molecule is CCCCCCCCCCCCCCCCCCCCCC(=O)O[C@H](COC(=O)CCCCCCCCCCCCCCCCC(C)CC)COP(=O)(O)OC[C@@H](O)COP(=O)(O)OC[C@@H](COC(=O)CCCCCCCCCC(C)C)OC(=O)CCCCCCCCCCCCCCCCC(C)C. The molecule has 19 heteroatoms. The molecule has 0 spiro atoms. The molecule has 0 rings (SSSR count). The Kier molecular flexibility index (Phi) is 73.7. The topological polar surface area (TPSA) is 237 Å². The number of carbonyl (C=O) groups is 4. The van der Waals surface area contributed by atoms with E-state index in [4.69, 9.17) is 37.0 Å². The number of unbranched alkanes of at least 4 members (excludes halogenated alkanes) is 50. The van der Waals surface area contributed by atoms with E-state index in [1.807, 2.05) is 0 Å². The summed E-state index contributed by atoms with van der Waals surface area (Å²) in [5.74, 6) is 0.244. The van der Waals surface area contributed by atoms with Crippen LogP contribution in [0.2, 0.25) is 0 Å². The normalized spacial score (nSPS) is 14.2. The van der Waals surface area contributed by atoms with E-state index >= 15 is 0 Å². The molecule has 618 valence electrons. The highest BCUT2D eigenvalue weighted by Gasteiger charge is 2.30. The molecule has 17 nitrogen and oxygen atoms in total. The third kappa shape index (κ3) is 76.8. The fraction of sp³-hybridized carbons (Fsp3) is 0.953. The number of phosphoric acid groups is 2. The number of rotatable bonds is 83. The summed E-state index contributed by atoms with van der Waals surface area (Å²) in [6, 6.07) is 0. The van der Waals surface area contributed by atoms with Crippen LogP contribution in [0.5, 0.6) is 0 Å². The number of carbonyl (C=O) groups excluding carboxylic acids is 4. The van der Waals surface area contributed by atoms with Gasteiger partial charge in [-0.2, -0.15) is 0 Å². The van der Waals surface area contributed by atoms with Crippen LogP contribution in [-0.2, 0) is 65.4 Å². The molecule has 0 aliphatic rings. The second-order valence-corrected chi connectivity index (χ2v) is 34.7. The quantitative estimate of drug-likeness (QED) is 0.0222. The lowest BCUT2D eigenvalue weighted by Gasteiger charge is -2.21. The summed E-state index contributed by atoms with van der Waals surface area (Å²) < 4.78 is 68.9. The van der Waals surface area contributed by atoms with Crippen molar-refractivity contribution in [3.05, 3.63) is 0 Å². The molecule has 6 atom stereocenters. The molecule has 0 fully saturated rings. The Hall–Kier alpha value is -1.94. The van der Waals surface area contributed by atoms with Gasteiger partial charge in [0.25, 0.3) is 0 Å². The Labute approximate surface area is 638 Å². The van der Waals surface area contributed by atoms with Crippen molar-refractivity contribution >= 4 is 39.5 Å². The number of aliphatic hydroxyl groups is 1. The highest BCUT2D eigenvalue weighted by molar-refractivity contribution is 7.47. The Balaban J connectivity index is 5.24. The van der Waals surface area contributed by atoms with Gasteiger partial charge >= 0.3 is 39.5 Å². The van der Waals surface area contributed by atoms with Crippen LogP contribution in [0.3, 0.4) is 0 Å². The van der Waals surface area contributed by atoms with Gasteiger partial charge in [0.15, 0.2) is 12.2 Å². The van der Waals surface area contributed by atoms with Crippen LogP contribution in [-0.4, -0.2) is 96.7 Å². The summed E-state index contributed by atoms with van der Waals surface area (Å²) in [5, 5.41) is 10.7. The summed E-state index contributed by atoms with van der Waals surface area (Å²) in [6.07, 6.45) is 65.3. The van der Waals surface area contributed by atoms with E-state index in [9.17, 15) is 43.2 Å². The van der Waals surface area contributed by atoms with E-state index < -0.39 is 97.5 Å². The smallest absolute Gasteiger partial charge is 0.462 e. The summed E-state index contributed by atoms with van der Waals surface area (Å²) >= 11 is 0. The number of aliphatic hydroxyl groups excluding tert-OH is 1. The van der Waals surface area contributed by atoms with E-state index in [1.165, 1.54) is 250 Å². The first-order chi connectivity index (χ1) is 50.3. The monoisotopic (exact) mass is 1520 g/mol. The first-order valence-corrected chi connectivity index (χ1v) is 46.9. The molecule has 3 unspecified atom stereocenters. The van der Waals surface area contributed by atoms with Gasteiger partial charge in [0.1, 0.15) is 19.3 Å². The zero-order chi connectivity index (χ0) is 76.5. The van der Waals surface area contributed by atoms with Gasteiger partial charge in [-0.15, -0.1) is 0 Å². The Morgan fingerprint density at radius 2 is 0.490 bits per heavy atom. The third-order valence-corrected chi connectivity index (χ3v) is 22.1. The Morgan fingerprint density at radius 3 is 0.731 bits per heavy atom. The molecule has 0 amide bonds. The van der Waals surface area contributed by atoms with Crippen molar-refractivity contribution in [3.8, 4) is 0 Å². The first-order valence-electron chi connectivity index (χ1n) is 43.9. The summed E-state index contributed by atoms with van der Waals surface area (Å²) in [7, 11) is -9.93. The fourth-order valence-corrected chi connectivity index (χ4v) is 14.7. The van der Waals surface area contributed by atoms with Gasteiger partial charge in [-0.1, -0.05) is 395 Å². The van der Waals surface area contributed by atoms with Crippen LogP contribution in [0, 0.1) is 17.8 Å². The van der Waals surface area contributed by atoms with E-state index in [0.29, 0.717) is 31.6 Å². The van der Waals surface area contributed by atoms with Crippen molar-refractivity contribution in [2.45, 2.75) is 465 Å². The van der Waals surface area contributed by atoms with Gasteiger partial charge in [-0.25, -0.2) is 9.13 Å². The van der Waals surface area contributed by atoms with Crippen LogP contribution in [0.1, 0.15) is 447 Å². The van der Waals surface area contributed by atoms with Crippen LogP contribution in [0.4, 0.5) is 0 Å². The summed E-state index contributed by atoms with van der Waals surface area (Å²) in [4.78, 5) is 73.2. The van der Waals surface area contributed by atoms with Crippen LogP contribution >= 0.6 is 15.6 Å². The molecule has 0 saturated heterocycles. The molecule has 0 aromatic rings. The molecule has 0 radical (unpaired) electrons. The Morgan fingerprint density at radius 1 is 0.279 bits per heavy atom. The van der Waals surface area contributed by atoms with Gasteiger partial charge in [0.2, 0.25) is 0 Å². The van der Waals surface area contributed by atoms with E-state index in [-0.39, 0.29) is 25.7 Å². The van der Waals surface area contributed by atoms with E-state index in [0.717, 1.165) is 108 Å². The lowest BCUT2D eigenvalue weighted by atomic mass is 9.99. The minimum Gasteiger partial charge on any atom is -0.462 e. The molecule has 0 aliphatic heterocycles. The molecule has 0 saturated carbocycles. The zero-order valence-electron chi connectivity index (χ0n) is 68.5. The number of hydrogen-bond acceptors (Lipinski definition) is 15. The number of phosphoric ester groups is 2. The van der Waals surface area contributed by atoms with Gasteiger partial charge in [-0.3, -0.25) is 37.3 Å². The summed E-state index contributed by atoms with van der Waals surface area (Å²) in [5.41, 5.74) is 0. The molecule has 3 N–H and O–H groups in total. The molecule has 0 aromatic carbocycles. The van der Waals surface area contributed by atoms with Crippen LogP contribution in [0.15, 0.2) is 0 Å². The fourth-order valence-electron chi connectivity index (χ4n) is 13.2. The molecular formula is C85H166O17P2. The highest BCUT2D eigenvalue weighted by Crippen LogP contribution is 2.45. The molecule has 0 bridgehead atoms. The Bertz CT molecular complexity index is 2010.